The third-order valence-corrected chi connectivity index (χ3v) is 1.56. The number of amides is 1. The first-order valence-electron chi connectivity index (χ1n) is 4.15. The monoisotopic (exact) mass is 210 g/mol. The van der Waals surface area contributed by atoms with Crippen LogP contribution in [0.3, 0.4) is 0 Å². The van der Waals surface area contributed by atoms with E-state index in [-0.39, 0.29) is 11.4 Å². The number of carbonyl (C=O) groups is 2. The molecular weight excluding hydrogens is 200 g/mol. The number of aliphatic carboxylic acids is 1. The molecule has 0 fully saturated rings. The molecule has 0 radical (unpaired) electrons. The zero-order chi connectivity index (χ0) is 11.4. The number of aromatic nitrogens is 1. The molecule has 15 heavy (non-hydrogen) atoms. The highest BCUT2D eigenvalue weighted by Gasteiger charge is 2.06. The van der Waals surface area contributed by atoms with E-state index in [0.717, 1.165) is 6.08 Å². The van der Waals surface area contributed by atoms with E-state index in [1.54, 1.807) is 6.92 Å². The predicted octanol–water partition coefficient (Wildman–Crippen LogP) is 0.952. The molecule has 0 aromatic carbocycles. The molecule has 1 heterocycles. The third-order valence-electron chi connectivity index (χ3n) is 1.56. The molecule has 0 spiro atoms. The molecule has 0 atom stereocenters. The van der Waals surface area contributed by atoms with Gasteiger partial charge in [-0.2, -0.15) is 0 Å². The Bertz CT molecular complexity index is 420. The Morgan fingerprint density at radius 3 is 2.73 bits per heavy atom. The molecule has 0 aliphatic rings. The number of nitrogens with one attached hydrogen (secondary N) is 1. The van der Waals surface area contributed by atoms with E-state index in [0.29, 0.717) is 5.76 Å². The highest BCUT2D eigenvalue weighted by Crippen LogP contribution is 2.07. The quantitative estimate of drug-likeness (QED) is 0.724. The van der Waals surface area contributed by atoms with E-state index in [1.165, 1.54) is 13.0 Å². The van der Waals surface area contributed by atoms with E-state index in [9.17, 15) is 9.59 Å². The zero-order valence-corrected chi connectivity index (χ0v) is 8.27. The first kappa shape index (κ1) is 11.0. The Balaban J connectivity index is 2.64. The molecule has 0 saturated carbocycles. The lowest BCUT2D eigenvalue weighted by Crippen LogP contribution is -2.10. The van der Waals surface area contributed by atoms with Gasteiger partial charge in [-0.25, -0.2) is 4.79 Å². The largest absolute Gasteiger partial charge is 0.478 e. The maximum Gasteiger partial charge on any atom is 0.331 e. The highest BCUT2D eigenvalue weighted by molar-refractivity contribution is 6.03. The van der Waals surface area contributed by atoms with Gasteiger partial charge in [-0.05, 0) is 13.8 Å². The van der Waals surface area contributed by atoms with Crippen molar-refractivity contribution in [1.29, 1.82) is 0 Å². The Morgan fingerprint density at radius 1 is 1.60 bits per heavy atom. The molecule has 0 bridgehead atoms. The second-order valence-electron chi connectivity index (χ2n) is 2.94. The van der Waals surface area contributed by atoms with Crippen LogP contribution in [0.1, 0.15) is 12.7 Å². The van der Waals surface area contributed by atoms with E-state index in [4.69, 9.17) is 9.63 Å². The Labute approximate surface area is 85.6 Å². The topological polar surface area (TPSA) is 92.4 Å². The van der Waals surface area contributed by atoms with Crippen molar-refractivity contribution in [2.24, 2.45) is 0 Å². The number of hydrogen-bond donors (Lipinski definition) is 2. The number of nitrogens with zero attached hydrogens (tertiary/aromatic N) is 1. The highest BCUT2D eigenvalue weighted by atomic mass is 16.5. The van der Waals surface area contributed by atoms with Gasteiger partial charge in [0.05, 0.1) is 0 Å². The lowest BCUT2D eigenvalue weighted by atomic mass is 10.3. The normalized spacial score (nSPS) is 11.2. The molecule has 1 aromatic heterocycles. The van der Waals surface area contributed by atoms with E-state index < -0.39 is 11.9 Å². The van der Waals surface area contributed by atoms with Crippen molar-refractivity contribution in [2.45, 2.75) is 13.8 Å². The molecule has 1 amide bonds. The lowest BCUT2D eigenvalue weighted by molar-refractivity contribution is -0.132. The SMILES string of the molecule is CC(=CC(=O)Nc1cc(C)on1)C(=O)O. The second-order valence-corrected chi connectivity index (χ2v) is 2.94. The van der Waals surface area contributed by atoms with Crippen molar-refractivity contribution in [3.63, 3.8) is 0 Å². The minimum absolute atomic E-state index is 0.0484. The van der Waals surface area contributed by atoms with Crippen molar-refractivity contribution in [2.75, 3.05) is 5.32 Å². The van der Waals surface area contributed by atoms with Crippen LogP contribution < -0.4 is 5.32 Å². The molecule has 1 aromatic rings. The standard InChI is InChI=1S/C9H10N2O4/c1-5(9(13)14)3-8(12)10-7-4-6(2)15-11-7/h3-4H,1-2H3,(H,13,14)(H,10,11,12). The molecular formula is C9H10N2O4. The average Bonchev–Trinajstić information content (AvgIpc) is 2.50. The number of carbonyl (C=O) groups excluding carboxylic acids is 1. The minimum atomic E-state index is -1.14. The Hall–Kier alpha value is -2.11. The summed E-state index contributed by atoms with van der Waals surface area (Å²) in [6, 6.07) is 1.53. The number of aryl methyl sites for hydroxylation is 1. The van der Waals surface area contributed by atoms with Crippen LogP contribution in [0.15, 0.2) is 22.2 Å². The molecule has 6 heteroatoms. The Morgan fingerprint density at radius 2 is 2.27 bits per heavy atom. The first-order valence-corrected chi connectivity index (χ1v) is 4.15. The van der Waals surface area contributed by atoms with Crippen LogP contribution in [0.2, 0.25) is 0 Å². The smallest absolute Gasteiger partial charge is 0.331 e. The van der Waals surface area contributed by atoms with Gasteiger partial charge in [0.2, 0.25) is 5.91 Å². The summed E-state index contributed by atoms with van der Waals surface area (Å²) >= 11 is 0. The first-order chi connectivity index (χ1) is 6.99. The van der Waals surface area contributed by atoms with Crippen molar-refractivity contribution < 1.29 is 19.2 Å². The Kier molecular flexibility index (Phi) is 3.22. The number of rotatable bonds is 3. The van der Waals surface area contributed by atoms with Gasteiger partial charge in [-0.1, -0.05) is 5.16 Å². The fourth-order valence-electron chi connectivity index (χ4n) is 0.846. The summed E-state index contributed by atoms with van der Waals surface area (Å²) in [5, 5.41) is 14.4. The summed E-state index contributed by atoms with van der Waals surface area (Å²) < 4.78 is 4.72. The van der Waals surface area contributed by atoms with Crippen LogP contribution in [-0.4, -0.2) is 22.1 Å². The minimum Gasteiger partial charge on any atom is -0.478 e. The van der Waals surface area contributed by atoms with Gasteiger partial charge in [0.25, 0.3) is 0 Å². The summed E-state index contributed by atoms with van der Waals surface area (Å²) in [5.74, 6) is -0.874. The summed E-state index contributed by atoms with van der Waals surface area (Å²) in [6.45, 7) is 3.01. The van der Waals surface area contributed by atoms with Gasteiger partial charge >= 0.3 is 5.97 Å². The van der Waals surface area contributed by atoms with Gasteiger partial charge in [0, 0.05) is 17.7 Å². The molecule has 80 valence electrons. The lowest BCUT2D eigenvalue weighted by Gasteiger charge is -1.95. The van der Waals surface area contributed by atoms with Crippen LogP contribution in [-0.2, 0) is 9.59 Å². The molecule has 1 rings (SSSR count). The zero-order valence-electron chi connectivity index (χ0n) is 8.27. The van der Waals surface area contributed by atoms with Crippen molar-refractivity contribution >= 4 is 17.7 Å². The van der Waals surface area contributed by atoms with E-state index >= 15 is 0 Å². The van der Waals surface area contributed by atoms with Gasteiger partial charge in [-0.3, -0.25) is 4.79 Å². The van der Waals surface area contributed by atoms with Crippen LogP contribution >= 0.6 is 0 Å². The van der Waals surface area contributed by atoms with Crippen LogP contribution in [0.5, 0.6) is 0 Å². The number of carboxylic acid groups (broad SMARTS) is 1. The van der Waals surface area contributed by atoms with Gasteiger partial charge in [0.1, 0.15) is 5.76 Å². The fraction of sp³-hybridized carbons (Fsp3) is 0.222. The second kappa shape index (κ2) is 4.41. The number of carboxylic acids is 1. The molecule has 0 saturated heterocycles. The van der Waals surface area contributed by atoms with Crippen LogP contribution in [0.25, 0.3) is 0 Å². The molecule has 0 aliphatic heterocycles. The molecule has 2 N–H and O–H groups in total. The van der Waals surface area contributed by atoms with Crippen molar-refractivity contribution in [1.82, 2.24) is 5.16 Å². The van der Waals surface area contributed by atoms with E-state index in [2.05, 4.69) is 10.5 Å². The van der Waals surface area contributed by atoms with Gasteiger partial charge in [-0.15, -0.1) is 0 Å². The van der Waals surface area contributed by atoms with Crippen molar-refractivity contribution in [3.05, 3.63) is 23.5 Å². The van der Waals surface area contributed by atoms with E-state index in [1.807, 2.05) is 0 Å². The van der Waals surface area contributed by atoms with Gasteiger partial charge in [0.15, 0.2) is 5.82 Å². The summed E-state index contributed by atoms with van der Waals surface area (Å²) in [7, 11) is 0. The predicted molar refractivity (Wildman–Crippen MR) is 51.3 cm³/mol. The third kappa shape index (κ3) is 3.26. The molecule has 0 unspecified atom stereocenters. The molecule has 0 aliphatic carbocycles. The summed E-state index contributed by atoms with van der Waals surface area (Å²) in [4.78, 5) is 21.6. The van der Waals surface area contributed by atoms with Crippen LogP contribution in [0.4, 0.5) is 5.82 Å². The maximum atomic E-state index is 11.2. The average molecular weight is 210 g/mol. The molecule has 6 nitrogen and oxygen atoms in total. The van der Waals surface area contributed by atoms with Gasteiger partial charge < -0.3 is 14.9 Å². The summed E-state index contributed by atoms with van der Waals surface area (Å²) in [5.41, 5.74) is -0.0484. The van der Waals surface area contributed by atoms with Crippen molar-refractivity contribution in [3.8, 4) is 0 Å². The fourth-order valence-corrected chi connectivity index (χ4v) is 0.846. The maximum absolute atomic E-state index is 11.2. The number of anilines is 1. The van der Waals surface area contributed by atoms with Crippen LogP contribution in [0, 0.1) is 6.92 Å². The summed E-state index contributed by atoms with van der Waals surface area (Å²) in [6.07, 6.45) is 0.979. The number of hydrogen-bond acceptors (Lipinski definition) is 4.